The van der Waals surface area contributed by atoms with Crippen LogP contribution in [-0.2, 0) is 5.60 Å². The van der Waals surface area contributed by atoms with Crippen molar-refractivity contribution < 1.29 is 31.8 Å². The van der Waals surface area contributed by atoms with Crippen LogP contribution in [0.5, 0.6) is 5.75 Å². The van der Waals surface area contributed by atoms with E-state index in [-0.39, 0.29) is 11.1 Å². The Labute approximate surface area is 151 Å². The smallest absolute Gasteiger partial charge is 0.457 e. The van der Waals surface area contributed by atoms with E-state index in [0.717, 1.165) is 18.2 Å². The molecule has 0 radical (unpaired) electrons. The monoisotopic (exact) mass is 382 g/mol. The first kappa shape index (κ1) is 19.1. The molecule has 1 N–H and O–H groups in total. The van der Waals surface area contributed by atoms with Crippen molar-refractivity contribution in [2.45, 2.75) is 17.7 Å². The van der Waals surface area contributed by atoms with Crippen LogP contribution in [0.3, 0.4) is 0 Å². The Kier molecular flexibility index (Phi) is 4.59. The minimum absolute atomic E-state index is 0.0993. The molecule has 7 heteroatoms. The van der Waals surface area contributed by atoms with E-state index in [0.29, 0.717) is 5.39 Å². The van der Waals surface area contributed by atoms with Crippen molar-refractivity contribution in [3.63, 3.8) is 0 Å². The lowest BCUT2D eigenvalue weighted by Crippen LogP contribution is -2.55. The van der Waals surface area contributed by atoms with Crippen molar-refractivity contribution in [3.8, 4) is 5.75 Å². The molecule has 0 aliphatic rings. The number of aliphatic hydroxyl groups is 1. The Morgan fingerprint density at radius 3 is 1.96 bits per heavy atom. The lowest BCUT2D eigenvalue weighted by Gasteiger charge is -2.38. The molecule has 142 valence electrons. The fraction of sp³-hybridized carbons (Fsp3) is 0.200. The fourth-order valence-corrected chi connectivity index (χ4v) is 3.08. The van der Waals surface area contributed by atoms with Gasteiger partial charge in [-0.1, -0.05) is 54.6 Å². The number of hydrogen-bond donors (Lipinski definition) is 1. The molecule has 0 amide bonds. The first-order valence-corrected chi connectivity index (χ1v) is 7.92. The van der Waals surface area contributed by atoms with E-state index in [9.17, 15) is 27.1 Å². The van der Waals surface area contributed by atoms with E-state index in [1.54, 1.807) is 18.2 Å². The summed E-state index contributed by atoms with van der Waals surface area (Å²) in [7, 11) is 1.33. The van der Waals surface area contributed by atoms with Crippen LogP contribution in [0.2, 0.25) is 0 Å². The van der Waals surface area contributed by atoms with Gasteiger partial charge in [-0.25, -0.2) is 0 Å². The molecule has 0 bridgehead atoms. The zero-order valence-corrected chi connectivity index (χ0v) is 14.1. The van der Waals surface area contributed by atoms with Crippen LogP contribution in [0.25, 0.3) is 10.8 Å². The molecule has 3 rings (SSSR count). The molecule has 0 heterocycles. The summed E-state index contributed by atoms with van der Waals surface area (Å²) in [5.74, 6) is -5.19. The van der Waals surface area contributed by atoms with Crippen LogP contribution in [0.1, 0.15) is 11.1 Å². The first-order valence-electron chi connectivity index (χ1n) is 7.92. The second-order valence-corrected chi connectivity index (χ2v) is 6.04. The molecule has 0 fully saturated rings. The molecule has 27 heavy (non-hydrogen) atoms. The molecule has 0 aliphatic carbocycles. The van der Waals surface area contributed by atoms with E-state index < -0.39 is 28.8 Å². The number of benzene rings is 3. The highest BCUT2D eigenvalue weighted by molar-refractivity contribution is 5.87. The summed E-state index contributed by atoms with van der Waals surface area (Å²) in [5.41, 5.74) is -4.76. The molecule has 2 nitrogen and oxygen atoms in total. The maximum atomic E-state index is 14.7. The van der Waals surface area contributed by atoms with Crippen LogP contribution in [0, 0.1) is 0 Å². The third-order valence-corrected chi connectivity index (χ3v) is 4.50. The van der Waals surface area contributed by atoms with Gasteiger partial charge < -0.3 is 9.84 Å². The predicted molar refractivity (Wildman–Crippen MR) is 90.9 cm³/mol. The summed E-state index contributed by atoms with van der Waals surface area (Å²) in [6, 6.07) is 14.5. The fourth-order valence-electron chi connectivity index (χ4n) is 3.08. The second kappa shape index (κ2) is 6.49. The van der Waals surface area contributed by atoms with Crippen LogP contribution < -0.4 is 4.74 Å². The molecular formula is C20H15F5O2. The molecule has 0 aromatic heterocycles. The summed E-state index contributed by atoms with van der Waals surface area (Å²) >= 11 is 0. The summed E-state index contributed by atoms with van der Waals surface area (Å²) < 4.78 is 74.2. The van der Waals surface area contributed by atoms with Gasteiger partial charge in [0.1, 0.15) is 5.75 Å². The number of hydrogen-bond acceptors (Lipinski definition) is 2. The topological polar surface area (TPSA) is 29.5 Å². The minimum atomic E-state index is -5.97. The number of ether oxygens (including phenoxy) is 1. The Bertz CT molecular complexity index is 945. The number of alkyl halides is 5. The second-order valence-electron chi connectivity index (χ2n) is 6.04. The molecule has 0 saturated carbocycles. The van der Waals surface area contributed by atoms with E-state index in [1.165, 1.54) is 37.4 Å². The molecule has 0 saturated heterocycles. The standard InChI is InChI=1S/C20H15F5O2/c1-27-15-11-9-14(10-12-15)18(26,19(21,22)20(23,24)25)17-8-4-6-13-5-2-3-7-16(13)17/h2-12,26H,1H3. The van der Waals surface area contributed by atoms with Crippen molar-refractivity contribution in [3.05, 3.63) is 77.9 Å². The van der Waals surface area contributed by atoms with Gasteiger partial charge in [0.25, 0.3) is 0 Å². The Morgan fingerprint density at radius 2 is 1.37 bits per heavy atom. The lowest BCUT2D eigenvalue weighted by molar-refractivity contribution is -0.336. The molecule has 0 aliphatic heterocycles. The maximum absolute atomic E-state index is 14.7. The summed E-state index contributed by atoms with van der Waals surface area (Å²) in [6.45, 7) is 0. The number of halogens is 5. The van der Waals surface area contributed by atoms with Gasteiger partial charge in [-0.15, -0.1) is 0 Å². The zero-order valence-electron chi connectivity index (χ0n) is 14.1. The summed E-state index contributed by atoms with van der Waals surface area (Å²) in [5, 5.41) is 11.5. The van der Waals surface area contributed by atoms with Gasteiger partial charge in [0, 0.05) is 5.56 Å². The quantitative estimate of drug-likeness (QED) is 0.622. The zero-order chi connectivity index (χ0) is 19.9. The third kappa shape index (κ3) is 2.92. The predicted octanol–water partition coefficient (Wildman–Crippen LogP) is 5.28. The van der Waals surface area contributed by atoms with Gasteiger partial charge in [0.05, 0.1) is 7.11 Å². The Hall–Kier alpha value is -2.67. The molecule has 3 aromatic carbocycles. The van der Waals surface area contributed by atoms with Crippen LogP contribution >= 0.6 is 0 Å². The number of fused-ring (bicyclic) bond motifs is 1. The highest BCUT2D eigenvalue weighted by Crippen LogP contribution is 2.53. The number of methoxy groups -OCH3 is 1. The summed E-state index contributed by atoms with van der Waals surface area (Å²) in [6.07, 6.45) is -5.97. The molecule has 3 aromatic rings. The summed E-state index contributed by atoms with van der Waals surface area (Å²) in [4.78, 5) is 0. The minimum Gasteiger partial charge on any atom is -0.497 e. The van der Waals surface area contributed by atoms with Crippen molar-refractivity contribution in [1.29, 1.82) is 0 Å². The van der Waals surface area contributed by atoms with Gasteiger partial charge >= 0.3 is 12.1 Å². The molecular weight excluding hydrogens is 367 g/mol. The molecule has 1 unspecified atom stereocenters. The van der Waals surface area contributed by atoms with E-state index in [4.69, 9.17) is 4.74 Å². The maximum Gasteiger partial charge on any atom is 0.457 e. The Morgan fingerprint density at radius 1 is 0.778 bits per heavy atom. The molecule has 0 spiro atoms. The van der Waals surface area contributed by atoms with Crippen molar-refractivity contribution in [2.75, 3.05) is 7.11 Å². The van der Waals surface area contributed by atoms with Crippen LogP contribution in [0.4, 0.5) is 22.0 Å². The van der Waals surface area contributed by atoms with Crippen molar-refractivity contribution in [2.24, 2.45) is 0 Å². The van der Waals surface area contributed by atoms with E-state index in [2.05, 4.69) is 0 Å². The van der Waals surface area contributed by atoms with Crippen molar-refractivity contribution in [1.82, 2.24) is 0 Å². The largest absolute Gasteiger partial charge is 0.497 e. The molecule has 1 atom stereocenters. The van der Waals surface area contributed by atoms with E-state index >= 15 is 0 Å². The van der Waals surface area contributed by atoms with Crippen LogP contribution in [-0.4, -0.2) is 24.3 Å². The number of rotatable bonds is 4. The van der Waals surface area contributed by atoms with Gasteiger partial charge in [-0.05, 0) is 28.5 Å². The van der Waals surface area contributed by atoms with Crippen LogP contribution in [0.15, 0.2) is 66.7 Å². The van der Waals surface area contributed by atoms with Crippen molar-refractivity contribution >= 4 is 10.8 Å². The SMILES string of the molecule is COc1ccc(C(O)(c2cccc3ccccc23)C(F)(F)C(F)(F)F)cc1. The average Bonchev–Trinajstić information content (AvgIpc) is 2.66. The van der Waals surface area contributed by atoms with Gasteiger partial charge in [-0.3, -0.25) is 0 Å². The lowest BCUT2D eigenvalue weighted by atomic mass is 9.78. The highest BCUT2D eigenvalue weighted by Gasteiger charge is 2.71. The van der Waals surface area contributed by atoms with Gasteiger partial charge in [0.2, 0.25) is 0 Å². The first-order chi connectivity index (χ1) is 12.6. The van der Waals surface area contributed by atoms with Gasteiger partial charge in [-0.2, -0.15) is 22.0 Å². The third-order valence-electron chi connectivity index (χ3n) is 4.50. The highest BCUT2D eigenvalue weighted by atomic mass is 19.4. The Balaban J connectivity index is 2.36. The average molecular weight is 382 g/mol. The van der Waals surface area contributed by atoms with Gasteiger partial charge in [0.15, 0.2) is 5.60 Å². The normalized spacial score (nSPS) is 14.8. The van der Waals surface area contributed by atoms with E-state index in [1.807, 2.05) is 0 Å².